The van der Waals surface area contributed by atoms with Gasteiger partial charge in [-0.25, -0.2) is 8.78 Å². The lowest BCUT2D eigenvalue weighted by molar-refractivity contribution is -0.139. The molecule has 3 N–H and O–H groups in total. The summed E-state index contributed by atoms with van der Waals surface area (Å²) >= 11 is 0. The van der Waals surface area contributed by atoms with E-state index in [0.717, 1.165) is 4.90 Å². The minimum atomic E-state index is -2.66. The number of carbonyl (C=O) groups is 1. The summed E-state index contributed by atoms with van der Waals surface area (Å²) in [5.41, 5.74) is 5.11. The summed E-state index contributed by atoms with van der Waals surface area (Å²) < 4.78 is 24.9. The van der Waals surface area contributed by atoms with Crippen LogP contribution in [0.1, 0.15) is 12.5 Å². The molecule has 1 rings (SSSR count). The fourth-order valence-corrected chi connectivity index (χ4v) is 1.80. The van der Waals surface area contributed by atoms with Crippen LogP contribution in [0.5, 0.6) is 0 Å². The van der Waals surface area contributed by atoms with Crippen molar-refractivity contribution < 1.29 is 18.7 Å². The first-order valence-electron chi connectivity index (χ1n) is 5.92. The van der Waals surface area contributed by atoms with Crippen LogP contribution in [0.2, 0.25) is 0 Å². The normalized spacial score (nSPS) is 14.2. The Hall–Kier alpha value is -1.53. The van der Waals surface area contributed by atoms with Gasteiger partial charge in [0.25, 0.3) is 6.43 Å². The number of benzene rings is 1. The molecule has 6 heteroatoms. The molecule has 0 aliphatic carbocycles. The first-order chi connectivity index (χ1) is 8.89. The molecule has 0 spiro atoms. The summed E-state index contributed by atoms with van der Waals surface area (Å²) in [5, 5.41) is 8.86. The Morgan fingerprint density at radius 3 is 2.47 bits per heavy atom. The second-order valence-corrected chi connectivity index (χ2v) is 4.43. The van der Waals surface area contributed by atoms with E-state index in [1.165, 1.54) is 6.92 Å². The molecular weight excluding hydrogens is 254 g/mol. The maximum Gasteiger partial charge on any atom is 0.255 e. The molecule has 0 fully saturated rings. The van der Waals surface area contributed by atoms with Crippen LogP contribution in [0.15, 0.2) is 30.3 Å². The van der Waals surface area contributed by atoms with Crippen molar-refractivity contribution in [3.8, 4) is 0 Å². The van der Waals surface area contributed by atoms with E-state index in [4.69, 9.17) is 10.8 Å². The number of hydrogen-bond acceptors (Lipinski definition) is 3. The number of alkyl halides is 2. The molecule has 0 aliphatic heterocycles. The Labute approximate surface area is 110 Å². The third-order valence-electron chi connectivity index (χ3n) is 2.83. The summed E-state index contributed by atoms with van der Waals surface area (Å²) in [6.45, 7) is 0.186. The molecule has 0 radical (unpaired) electrons. The van der Waals surface area contributed by atoms with Crippen molar-refractivity contribution in [3.05, 3.63) is 35.9 Å². The van der Waals surface area contributed by atoms with E-state index in [2.05, 4.69) is 0 Å². The first-order valence-corrected chi connectivity index (χ1v) is 5.92. The largest absolute Gasteiger partial charge is 0.395 e. The van der Waals surface area contributed by atoms with Crippen LogP contribution in [0, 0.1) is 0 Å². The Morgan fingerprint density at radius 1 is 1.42 bits per heavy atom. The SMILES string of the molecule is CC(N)(C(=O)N(CCO)CC(F)F)c1ccccc1. The molecule has 0 heterocycles. The smallest absolute Gasteiger partial charge is 0.255 e. The fraction of sp³-hybridized carbons (Fsp3) is 0.462. The van der Waals surface area contributed by atoms with Crippen molar-refractivity contribution in [2.75, 3.05) is 19.7 Å². The first kappa shape index (κ1) is 15.5. The van der Waals surface area contributed by atoms with Crippen molar-refractivity contribution in [1.29, 1.82) is 0 Å². The molecule has 4 nitrogen and oxygen atoms in total. The van der Waals surface area contributed by atoms with E-state index in [9.17, 15) is 13.6 Å². The van der Waals surface area contributed by atoms with Crippen LogP contribution in [-0.2, 0) is 10.3 Å². The molecule has 1 aromatic rings. The van der Waals surface area contributed by atoms with E-state index in [1.807, 2.05) is 0 Å². The van der Waals surface area contributed by atoms with Gasteiger partial charge in [0.15, 0.2) is 0 Å². The molecule has 0 saturated carbocycles. The number of aliphatic hydroxyl groups excluding tert-OH is 1. The molecule has 1 amide bonds. The average molecular weight is 272 g/mol. The average Bonchev–Trinajstić information content (AvgIpc) is 2.38. The van der Waals surface area contributed by atoms with Gasteiger partial charge in [-0.05, 0) is 12.5 Å². The van der Waals surface area contributed by atoms with Crippen molar-refractivity contribution in [2.24, 2.45) is 5.73 Å². The second-order valence-electron chi connectivity index (χ2n) is 4.43. The molecular formula is C13H18F2N2O2. The van der Waals surface area contributed by atoms with Gasteiger partial charge < -0.3 is 15.7 Å². The molecule has 0 aromatic heterocycles. The van der Waals surface area contributed by atoms with Crippen LogP contribution < -0.4 is 5.73 Å². The number of nitrogens with two attached hydrogens (primary N) is 1. The van der Waals surface area contributed by atoms with Crippen LogP contribution in [0.25, 0.3) is 0 Å². The molecule has 0 aliphatic rings. The molecule has 1 unspecified atom stereocenters. The molecule has 0 saturated heterocycles. The Balaban J connectivity index is 2.94. The fourth-order valence-electron chi connectivity index (χ4n) is 1.80. The highest BCUT2D eigenvalue weighted by molar-refractivity contribution is 5.87. The molecule has 106 valence electrons. The van der Waals surface area contributed by atoms with Crippen molar-refractivity contribution in [1.82, 2.24) is 4.90 Å². The topological polar surface area (TPSA) is 66.6 Å². The Kier molecular flexibility index (Phi) is 5.38. The van der Waals surface area contributed by atoms with Crippen LogP contribution in [0.4, 0.5) is 8.78 Å². The Bertz CT molecular complexity index is 410. The summed E-state index contributed by atoms with van der Waals surface area (Å²) in [7, 11) is 0. The quantitative estimate of drug-likeness (QED) is 0.810. The zero-order chi connectivity index (χ0) is 14.5. The van der Waals surface area contributed by atoms with Gasteiger partial charge in [0.1, 0.15) is 5.54 Å². The number of aliphatic hydroxyl groups is 1. The maximum atomic E-state index is 12.4. The minimum absolute atomic E-state index is 0.164. The highest BCUT2D eigenvalue weighted by atomic mass is 19.3. The number of hydrogen-bond donors (Lipinski definition) is 2. The van der Waals surface area contributed by atoms with Gasteiger partial charge in [0, 0.05) is 6.54 Å². The van der Waals surface area contributed by atoms with E-state index in [0.29, 0.717) is 5.56 Å². The zero-order valence-corrected chi connectivity index (χ0v) is 10.7. The van der Waals surface area contributed by atoms with Crippen LogP contribution >= 0.6 is 0 Å². The summed E-state index contributed by atoms with van der Waals surface area (Å²) in [6, 6.07) is 8.54. The van der Waals surface area contributed by atoms with Gasteiger partial charge in [-0.15, -0.1) is 0 Å². The molecule has 0 bridgehead atoms. The highest BCUT2D eigenvalue weighted by Gasteiger charge is 2.35. The number of rotatable bonds is 6. The number of carbonyl (C=O) groups excluding carboxylic acids is 1. The van der Waals surface area contributed by atoms with Crippen LogP contribution in [-0.4, -0.2) is 42.0 Å². The van der Waals surface area contributed by atoms with Gasteiger partial charge in [-0.3, -0.25) is 4.79 Å². The lowest BCUT2D eigenvalue weighted by Gasteiger charge is -2.31. The van der Waals surface area contributed by atoms with E-state index in [1.54, 1.807) is 30.3 Å². The van der Waals surface area contributed by atoms with Crippen molar-refractivity contribution >= 4 is 5.91 Å². The van der Waals surface area contributed by atoms with Gasteiger partial charge >= 0.3 is 0 Å². The van der Waals surface area contributed by atoms with Crippen molar-refractivity contribution in [2.45, 2.75) is 18.9 Å². The van der Waals surface area contributed by atoms with Gasteiger partial charge in [-0.2, -0.15) is 0 Å². The third-order valence-corrected chi connectivity index (χ3v) is 2.83. The lowest BCUT2D eigenvalue weighted by atomic mass is 9.91. The maximum absolute atomic E-state index is 12.4. The number of halogens is 2. The number of nitrogens with zero attached hydrogens (tertiary/aromatic N) is 1. The van der Waals surface area contributed by atoms with E-state index >= 15 is 0 Å². The van der Waals surface area contributed by atoms with Gasteiger partial charge in [0.2, 0.25) is 5.91 Å². The number of amides is 1. The third kappa shape index (κ3) is 3.97. The zero-order valence-electron chi connectivity index (χ0n) is 10.7. The predicted octanol–water partition coefficient (Wildman–Crippen LogP) is 0.947. The second kappa shape index (κ2) is 6.58. The molecule has 19 heavy (non-hydrogen) atoms. The minimum Gasteiger partial charge on any atom is -0.395 e. The predicted molar refractivity (Wildman–Crippen MR) is 67.7 cm³/mol. The van der Waals surface area contributed by atoms with E-state index < -0.39 is 24.4 Å². The van der Waals surface area contributed by atoms with Gasteiger partial charge in [-0.1, -0.05) is 30.3 Å². The Morgan fingerprint density at radius 2 is 2.00 bits per heavy atom. The summed E-state index contributed by atoms with van der Waals surface area (Å²) in [6.07, 6.45) is -2.66. The van der Waals surface area contributed by atoms with Crippen LogP contribution in [0.3, 0.4) is 0 Å². The highest BCUT2D eigenvalue weighted by Crippen LogP contribution is 2.20. The lowest BCUT2D eigenvalue weighted by Crippen LogP contribution is -2.52. The summed E-state index contributed by atoms with van der Waals surface area (Å²) in [5.74, 6) is -0.631. The van der Waals surface area contributed by atoms with Crippen molar-refractivity contribution in [3.63, 3.8) is 0 Å². The molecule has 1 aromatic carbocycles. The van der Waals surface area contributed by atoms with E-state index in [-0.39, 0.29) is 13.2 Å². The molecule has 1 atom stereocenters. The summed E-state index contributed by atoms with van der Waals surface area (Å²) in [4.78, 5) is 13.1. The monoisotopic (exact) mass is 272 g/mol. The van der Waals surface area contributed by atoms with Gasteiger partial charge in [0.05, 0.1) is 13.2 Å². The standard InChI is InChI=1S/C13H18F2N2O2/c1-13(16,10-5-3-2-4-6-10)12(19)17(7-8-18)9-11(14)15/h2-6,11,18H,7-9,16H2,1H3.